The Hall–Kier alpha value is -3.00. The lowest BCUT2D eigenvalue weighted by atomic mass is 10.1. The maximum atomic E-state index is 13.0. The van der Waals surface area contributed by atoms with Gasteiger partial charge in [-0.3, -0.25) is 14.4 Å². The molecule has 0 aliphatic carbocycles. The highest BCUT2D eigenvalue weighted by Crippen LogP contribution is 2.35. The van der Waals surface area contributed by atoms with E-state index in [0.717, 1.165) is 28.2 Å². The van der Waals surface area contributed by atoms with Crippen molar-refractivity contribution in [3.05, 3.63) is 45.3 Å². The molecule has 0 unspecified atom stereocenters. The summed E-state index contributed by atoms with van der Waals surface area (Å²) in [5.41, 5.74) is 3.56. The topological polar surface area (TPSA) is 92.8 Å². The van der Waals surface area contributed by atoms with Gasteiger partial charge in [-0.1, -0.05) is 12.1 Å². The molecule has 31 heavy (non-hydrogen) atoms. The fraction of sp³-hybridized carbons (Fsp3) is 0.391. The monoisotopic (exact) mass is 442 g/mol. The van der Waals surface area contributed by atoms with Crippen molar-refractivity contribution in [2.24, 2.45) is 5.92 Å². The molecular formula is C23H26N2O5S. The summed E-state index contributed by atoms with van der Waals surface area (Å²) in [6.45, 7) is 9.14. The molecule has 1 atom stereocenters. The highest BCUT2D eigenvalue weighted by Gasteiger charge is 2.37. The maximum Gasteiger partial charge on any atom is 0.341 e. The number of hydrogen-bond acceptors (Lipinski definition) is 6. The zero-order chi connectivity index (χ0) is 22.9. The average Bonchev–Trinajstić information content (AvgIpc) is 3.24. The minimum atomic E-state index is -0.585. The third kappa shape index (κ3) is 4.39. The summed E-state index contributed by atoms with van der Waals surface area (Å²) in [5, 5.41) is 3.06. The highest BCUT2D eigenvalue weighted by molar-refractivity contribution is 7.18. The number of rotatable bonds is 6. The quantitative estimate of drug-likeness (QED) is 0.538. The number of thiophene rings is 1. The molecular weight excluding hydrogens is 416 g/mol. The van der Waals surface area contributed by atoms with Crippen LogP contribution in [0.3, 0.4) is 0 Å². The zero-order valence-electron chi connectivity index (χ0n) is 18.3. The molecule has 0 spiro atoms. The molecule has 1 saturated heterocycles. The maximum absolute atomic E-state index is 13.0. The molecule has 1 aromatic carbocycles. The molecule has 8 heteroatoms. The Balaban J connectivity index is 1.84. The fourth-order valence-corrected chi connectivity index (χ4v) is 4.84. The van der Waals surface area contributed by atoms with Crippen LogP contribution in [0.25, 0.3) is 0 Å². The fourth-order valence-electron chi connectivity index (χ4n) is 3.74. The van der Waals surface area contributed by atoms with Gasteiger partial charge in [0.1, 0.15) is 5.00 Å². The van der Waals surface area contributed by atoms with Crippen LogP contribution in [0.15, 0.2) is 18.2 Å². The van der Waals surface area contributed by atoms with E-state index in [1.807, 2.05) is 32.0 Å². The number of aryl methyl sites for hydroxylation is 1. The molecule has 164 valence electrons. The van der Waals surface area contributed by atoms with Gasteiger partial charge in [0.25, 0.3) is 0 Å². The number of benzene rings is 1. The number of nitrogens with one attached hydrogen (secondary N) is 1. The van der Waals surface area contributed by atoms with Gasteiger partial charge in [-0.25, -0.2) is 4.79 Å². The lowest BCUT2D eigenvalue weighted by Gasteiger charge is -2.20. The van der Waals surface area contributed by atoms with Crippen LogP contribution < -0.4 is 10.2 Å². The minimum Gasteiger partial charge on any atom is -0.462 e. The molecule has 7 nitrogen and oxygen atoms in total. The minimum absolute atomic E-state index is 0.0812. The second kappa shape index (κ2) is 9.01. The second-order valence-electron chi connectivity index (χ2n) is 7.65. The number of anilines is 2. The summed E-state index contributed by atoms with van der Waals surface area (Å²) in [6, 6.07) is 5.75. The molecule has 0 radical (unpaired) electrons. The standard InChI is InChI=1S/C23H26N2O5S/c1-6-30-23(29)19-14(4)20(15(5)26)31-22(19)24-21(28)16-10-18(27)25(11-16)17-9-7-8-12(2)13(17)3/h7-9,16H,6,10-11H2,1-5H3,(H,24,28)/t16-/m0/s1. The average molecular weight is 443 g/mol. The van der Waals surface area contributed by atoms with Crippen LogP contribution in [0.4, 0.5) is 10.7 Å². The Morgan fingerprint density at radius 2 is 1.90 bits per heavy atom. The highest BCUT2D eigenvalue weighted by atomic mass is 32.1. The van der Waals surface area contributed by atoms with Crippen molar-refractivity contribution in [3.8, 4) is 0 Å². The summed E-state index contributed by atoms with van der Waals surface area (Å²) in [4.78, 5) is 52.1. The van der Waals surface area contributed by atoms with Crippen molar-refractivity contribution in [1.82, 2.24) is 0 Å². The number of carbonyl (C=O) groups is 4. The summed E-state index contributed by atoms with van der Waals surface area (Å²) in [5.74, 6) is -1.82. The van der Waals surface area contributed by atoms with Gasteiger partial charge in [0, 0.05) is 18.7 Å². The van der Waals surface area contributed by atoms with Crippen LogP contribution in [0.1, 0.15) is 57.0 Å². The number of nitrogens with zero attached hydrogens (tertiary/aromatic N) is 1. The number of carbonyl (C=O) groups excluding carboxylic acids is 4. The van der Waals surface area contributed by atoms with E-state index in [4.69, 9.17) is 4.74 Å². The molecule has 1 aromatic heterocycles. The first kappa shape index (κ1) is 22.7. The Morgan fingerprint density at radius 3 is 2.55 bits per heavy atom. The van der Waals surface area contributed by atoms with E-state index in [1.54, 1.807) is 18.7 Å². The normalized spacial score (nSPS) is 15.8. The molecule has 2 amide bonds. The van der Waals surface area contributed by atoms with E-state index in [9.17, 15) is 19.2 Å². The number of Topliss-reactive ketones (excluding diaryl/α,β-unsaturated/α-hetero) is 1. The summed E-state index contributed by atoms with van der Waals surface area (Å²) < 4.78 is 5.11. The smallest absolute Gasteiger partial charge is 0.341 e. The van der Waals surface area contributed by atoms with Crippen molar-refractivity contribution in [2.75, 3.05) is 23.4 Å². The van der Waals surface area contributed by atoms with Gasteiger partial charge in [0.05, 0.1) is 23.0 Å². The first-order valence-corrected chi connectivity index (χ1v) is 11.0. The third-order valence-corrected chi connectivity index (χ3v) is 6.85. The molecule has 1 aliphatic heterocycles. The van der Waals surface area contributed by atoms with Crippen LogP contribution in [0.2, 0.25) is 0 Å². The zero-order valence-corrected chi connectivity index (χ0v) is 19.1. The van der Waals surface area contributed by atoms with E-state index in [-0.39, 0.29) is 47.7 Å². The van der Waals surface area contributed by atoms with Crippen molar-refractivity contribution in [1.29, 1.82) is 0 Å². The SMILES string of the molecule is CCOC(=O)c1c(NC(=O)[C@H]2CC(=O)N(c3cccc(C)c3C)C2)sc(C(C)=O)c1C. The second-order valence-corrected chi connectivity index (χ2v) is 8.67. The van der Waals surface area contributed by atoms with Crippen molar-refractivity contribution >= 4 is 45.6 Å². The first-order chi connectivity index (χ1) is 14.6. The predicted octanol–water partition coefficient (Wildman–Crippen LogP) is 4.04. The van der Waals surface area contributed by atoms with Gasteiger partial charge in [0.2, 0.25) is 11.8 Å². The molecule has 1 aliphatic rings. The van der Waals surface area contributed by atoms with Gasteiger partial charge in [-0.15, -0.1) is 11.3 Å². The van der Waals surface area contributed by atoms with Crippen molar-refractivity contribution in [3.63, 3.8) is 0 Å². The molecule has 2 heterocycles. The van der Waals surface area contributed by atoms with Gasteiger partial charge >= 0.3 is 5.97 Å². The molecule has 1 fully saturated rings. The molecule has 0 bridgehead atoms. The van der Waals surface area contributed by atoms with Gasteiger partial charge in [-0.2, -0.15) is 0 Å². The Morgan fingerprint density at radius 1 is 1.19 bits per heavy atom. The summed E-state index contributed by atoms with van der Waals surface area (Å²) in [7, 11) is 0. The lowest BCUT2D eigenvalue weighted by Crippen LogP contribution is -2.28. The number of amides is 2. The van der Waals surface area contributed by atoms with Crippen LogP contribution in [0.5, 0.6) is 0 Å². The van der Waals surface area contributed by atoms with Crippen LogP contribution in [-0.2, 0) is 14.3 Å². The Kier molecular flexibility index (Phi) is 6.59. The van der Waals surface area contributed by atoms with Gasteiger partial charge in [0.15, 0.2) is 5.78 Å². The Labute approximate surface area is 185 Å². The molecule has 3 rings (SSSR count). The van der Waals surface area contributed by atoms with Gasteiger partial charge < -0.3 is 15.0 Å². The largest absolute Gasteiger partial charge is 0.462 e. The van der Waals surface area contributed by atoms with Crippen LogP contribution in [0, 0.1) is 26.7 Å². The van der Waals surface area contributed by atoms with E-state index < -0.39 is 11.9 Å². The first-order valence-electron chi connectivity index (χ1n) is 10.1. The van der Waals surface area contributed by atoms with Crippen LogP contribution in [-0.4, -0.2) is 36.7 Å². The molecule has 1 N–H and O–H groups in total. The third-order valence-electron chi connectivity index (χ3n) is 5.55. The van der Waals surface area contributed by atoms with E-state index >= 15 is 0 Å². The van der Waals surface area contributed by atoms with Gasteiger partial charge in [-0.05, 0) is 57.4 Å². The Bertz CT molecular complexity index is 1070. The molecule has 0 saturated carbocycles. The number of ketones is 1. The van der Waals surface area contributed by atoms with Crippen molar-refractivity contribution < 1.29 is 23.9 Å². The number of hydrogen-bond donors (Lipinski definition) is 1. The van der Waals surface area contributed by atoms with Crippen molar-refractivity contribution in [2.45, 2.75) is 41.0 Å². The van der Waals surface area contributed by atoms with Crippen LogP contribution >= 0.6 is 11.3 Å². The number of ether oxygens (including phenoxy) is 1. The van der Waals surface area contributed by atoms with E-state index in [2.05, 4.69) is 5.32 Å². The van der Waals surface area contributed by atoms with E-state index in [1.165, 1.54) is 6.92 Å². The van der Waals surface area contributed by atoms with E-state index in [0.29, 0.717) is 10.4 Å². The summed E-state index contributed by atoms with van der Waals surface area (Å²) >= 11 is 1.06. The lowest BCUT2D eigenvalue weighted by molar-refractivity contribution is -0.122. The molecule has 2 aromatic rings. The summed E-state index contributed by atoms with van der Waals surface area (Å²) in [6.07, 6.45) is 0.0812. The number of esters is 1. The predicted molar refractivity (Wildman–Crippen MR) is 120 cm³/mol.